The molecule has 0 aliphatic carbocycles. The lowest BCUT2D eigenvalue weighted by molar-refractivity contribution is -0.117. The SMILES string of the molecule is CC(=O)CCN1CCCC(C)(O)CC1. The summed E-state index contributed by atoms with van der Waals surface area (Å²) < 4.78 is 0. The van der Waals surface area contributed by atoms with Crippen molar-refractivity contribution in [1.29, 1.82) is 0 Å². The fourth-order valence-electron chi connectivity index (χ4n) is 1.86. The summed E-state index contributed by atoms with van der Waals surface area (Å²) in [6, 6.07) is 0. The fourth-order valence-corrected chi connectivity index (χ4v) is 1.86. The van der Waals surface area contributed by atoms with Gasteiger partial charge in [-0.2, -0.15) is 0 Å². The van der Waals surface area contributed by atoms with Crippen LogP contribution in [0.1, 0.15) is 39.5 Å². The summed E-state index contributed by atoms with van der Waals surface area (Å²) in [4.78, 5) is 13.1. The first-order valence-corrected chi connectivity index (χ1v) is 5.44. The summed E-state index contributed by atoms with van der Waals surface area (Å²) in [5.74, 6) is 0.251. The van der Waals surface area contributed by atoms with Crippen LogP contribution in [-0.2, 0) is 4.79 Å². The molecule has 1 fully saturated rings. The minimum atomic E-state index is -0.495. The van der Waals surface area contributed by atoms with Crippen LogP contribution in [0, 0.1) is 0 Å². The third-order valence-corrected chi connectivity index (χ3v) is 2.94. The molecule has 0 bridgehead atoms. The Kier molecular flexibility index (Phi) is 4.08. The highest BCUT2D eigenvalue weighted by atomic mass is 16.3. The molecule has 1 saturated heterocycles. The first-order chi connectivity index (χ1) is 6.49. The normalized spacial score (nSPS) is 29.9. The predicted molar refractivity (Wildman–Crippen MR) is 56.2 cm³/mol. The maximum Gasteiger partial charge on any atom is 0.131 e. The van der Waals surface area contributed by atoms with Gasteiger partial charge in [0.15, 0.2) is 0 Å². The molecular formula is C11H21NO2. The summed E-state index contributed by atoms with van der Waals surface area (Å²) in [5, 5.41) is 9.86. The number of hydrogen-bond donors (Lipinski definition) is 1. The Hall–Kier alpha value is -0.410. The molecular weight excluding hydrogens is 178 g/mol. The van der Waals surface area contributed by atoms with Crippen LogP contribution in [0.15, 0.2) is 0 Å². The van der Waals surface area contributed by atoms with E-state index in [4.69, 9.17) is 0 Å². The van der Waals surface area contributed by atoms with Gasteiger partial charge in [0.05, 0.1) is 5.60 Å². The summed E-state index contributed by atoms with van der Waals surface area (Å²) in [6.07, 6.45) is 3.38. The van der Waals surface area contributed by atoms with Crippen molar-refractivity contribution in [1.82, 2.24) is 4.90 Å². The number of likely N-dealkylation sites (tertiary alicyclic amines) is 1. The Bertz CT molecular complexity index is 201. The van der Waals surface area contributed by atoms with Crippen LogP contribution in [0.2, 0.25) is 0 Å². The number of ketones is 1. The number of Topliss-reactive ketones (excluding diaryl/α,β-unsaturated/α-hetero) is 1. The van der Waals surface area contributed by atoms with Crippen molar-refractivity contribution in [2.24, 2.45) is 0 Å². The van der Waals surface area contributed by atoms with Crippen LogP contribution in [-0.4, -0.2) is 41.0 Å². The minimum Gasteiger partial charge on any atom is -0.390 e. The van der Waals surface area contributed by atoms with Gasteiger partial charge in [-0.15, -0.1) is 0 Å². The average Bonchev–Trinajstić information content (AvgIpc) is 2.23. The van der Waals surface area contributed by atoms with E-state index in [1.165, 1.54) is 0 Å². The summed E-state index contributed by atoms with van der Waals surface area (Å²) in [7, 11) is 0. The fraction of sp³-hybridized carbons (Fsp3) is 0.909. The maximum absolute atomic E-state index is 10.8. The quantitative estimate of drug-likeness (QED) is 0.742. The molecule has 1 atom stereocenters. The molecule has 0 aromatic rings. The van der Waals surface area contributed by atoms with E-state index in [2.05, 4.69) is 4.90 Å². The van der Waals surface area contributed by atoms with Gasteiger partial charge >= 0.3 is 0 Å². The molecule has 0 radical (unpaired) electrons. The van der Waals surface area contributed by atoms with E-state index in [0.717, 1.165) is 38.9 Å². The van der Waals surface area contributed by atoms with Gasteiger partial charge in [0.1, 0.15) is 5.78 Å². The molecule has 1 unspecified atom stereocenters. The van der Waals surface area contributed by atoms with Crippen LogP contribution in [0.5, 0.6) is 0 Å². The molecule has 0 spiro atoms. The lowest BCUT2D eigenvalue weighted by atomic mass is 9.98. The van der Waals surface area contributed by atoms with Crippen molar-refractivity contribution >= 4 is 5.78 Å². The topological polar surface area (TPSA) is 40.5 Å². The van der Waals surface area contributed by atoms with Crippen molar-refractivity contribution in [3.8, 4) is 0 Å². The van der Waals surface area contributed by atoms with Gasteiger partial charge in [-0.05, 0) is 39.7 Å². The maximum atomic E-state index is 10.8. The molecule has 0 aromatic heterocycles. The van der Waals surface area contributed by atoms with Gasteiger partial charge in [0.25, 0.3) is 0 Å². The summed E-state index contributed by atoms with van der Waals surface area (Å²) >= 11 is 0. The highest BCUT2D eigenvalue weighted by Gasteiger charge is 2.24. The lowest BCUT2D eigenvalue weighted by Gasteiger charge is -2.21. The van der Waals surface area contributed by atoms with Crippen LogP contribution in [0.25, 0.3) is 0 Å². The Labute approximate surface area is 86.1 Å². The number of carbonyl (C=O) groups excluding carboxylic acids is 1. The molecule has 14 heavy (non-hydrogen) atoms. The number of aliphatic hydroxyl groups is 1. The number of carbonyl (C=O) groups is 1. The Morgan fingerprint density at radius 2 is 2.14 bits per heavy atom. The highest BCUT2D eigenvalue weighted by molar-refractivity contribution is 5.75. The average molecular weight is 199 g/mol. The Morgan fingerprint density at radius 3 is 2.79 bits per heavy atom. The Balaban J connectivity index is 2.31. The zero-order valence-electron chi connectivity index (χ0n) is 9.25. The van der Waals surface area contributed by atoms with Crippen LogP contribution < -0.4 is 0 Å². The lowest BCUT2D eigenvalue weighted by Crippen LogP contribution is -2.29. The second kappa shape index (κ2) is 4.89. The molecule has 0 aromatic carbocycles. The molecule has 3 nitrogen and oxygen atoms in total. The molecule has 1 N–H and O–H groups in total. The third-order valence-electron chi connectivity index (χ3n) is 2.94. The predicted octanol–water partition coefficient (Wildman–Crippen LogP) is 1.20. The minimum absolute atomic E-state index is 0.251. The van der Waals surface area contributed by atoms with Crippen molar-refractivity contribution in [2.75, 3.05) is 19.6 Å². The van der Waals surface area contributed by atoms with Gasteiger partial charge in [-0.25, -0.2) is 0 Å². The van der Waals surface area contributed by atoms with E-state index in [9.17, 15) is 9.90 Å². The molecule has 82 valence electrons. The zero-order chi connectivity index (χ0) is 10.6. The van der Waals surface area contributed by atoms with Crippen LogP contribution in [0.4, 0.5) is 0 Å². The number of rotatable bonds is 3. The largest absolute Gasteiger partial charge is 0.390 e. The molecule has 1 heterocycles. The van der Waals surface area contributed by atoms with Crippen LogP contribution in [0.3, 0.4) is 0 Å². The number of hydrogen-bond acceptors (Lipinski definition) is 3. The molecule has 0 saturated carbocycles. The third kappa shape index (κ3) is 4.20. The van der Waals surface area contributed by atoms with E-state index in [1.807, 2.05) is 6.92 Å². The zero-order valence-corrected chi connectivity index (χ0v) is 9.25. The van der Waals surface area contributed by atoms with Crippen molar-refractivity contribution < 1.29 is 9.90 Å². The summed E-state index contributed by atoms with van der Waals surface area (Å²) in [5.41, 5.74) is -0.495. The second-order valence-corrected chi connectivity index (χ2v) is 4.64. The first-order valence-electron chi connectivity index (χ1n) is 5.44. The van der Waals surface area contributed by atoms with Gasteiger partial charge in [0.2, 0.25) is 0 Å². The van der Waals surface area contributed by atoms with Crippen molar-refractivity contribution in [3.63, 3.8) is 0 Å². The van der Waals surface area contributed by atoms with E-state index in [0.29, 0.717) is 6.42 Å². The Morgan fingerprint density at radius 1 is 1.43 bits per heavy atom. The smallest absolute Gasteiger partial charge is 0.131 e. The van der Waals surface area contributed by atoms with Crippen molar-refractivity contribution in [3.05, 3.63) is 0 Å². The van der Waals surface area contributed by atoms with Crippen LogP contribution >= 0.6 is 0 Å². The van der Waals surface area contributed by atoms with E-state index in [1.54, 1.807) is 6.92 Å². The second-order valence-electron chi connectivity index (χ2n) is 4.64. The summed E-state index contributed by atoms with van der Waals surface area (Å²) in [6.45, 7) is 6.32. The van der Waals surface area contributed by atoms with E-state index < -0.39 is 5.60 Å². The molecule has 3 heteroatoms. The van der Waals surface area contributed by atoms with Gasteiger partial charge in [-0.3, -0.25) is 4.79 Å². The molecule has 1 aliphatic rings. The molecule has 1 aliphatic heterocycles. The van der Waals surface area contributed by atoms with Crippen molar-refractivity contribution in [2.45, 2.75) is 45.1 Å². The highest BCUT2D eigenvalue weighted by Crippen LogP contribution is 2.21. The standard InChI is InChI=1S/C11H21NO2/c1-10(13)4-8-12-7-3-5-11(2,14)6-9-12/h14H,3-9H2,1-2H3. The monoisotopic (exact) mass is 199 g/mol. The molecule has 1 rings (SSSR count). The van der Waals surface area contributed by atoms with Gasteiger partial charge < -0.3 is 10.0 Å². The molecule has 0 amide bonds. The number of nitrogens with zero attached hydrogens (tertiary/aromatic N) is 1. The van der Waals surface area contributed by atoms with Gasteiger partial charge in [0, 0.05) is 19.5 Å². The first kappa shape index (κ1) is 11.7. The van der Waals surface area contributed by atoms with E-state index >= 15 is 0 Å². The van der Waals surface area contributed by atoms with E-state index in [-0.39, 0.29) is 5.78 Å². The van der Waals surface area contributed by atoms with Gasteiger partial charge in [-0.1, -0.05) is 0 Å².